The molecule has 0 unspecified atom stereocenters. The van der Waals surface area contributed by atoms with Gasteiger partial charge in [-0.25, -0.2) is 0 Å². The first-order valence-electron chi connectivity index (χ1n) is 4.18. The zero-order valence-electron chi connectivity index (χ0n) is 8.58. The molecule has 0 aliphatic carbocycles. The van der Waals surface area contributed by atoms with Crippen LogP contribution in [-0.2, 0) is 20.4 Å². The Morgan fingerprint density at radius 3 is 2.18 bits per heavy atom. The first-order valence-corrected chi connectivity index (χ1v) is 7.06. The van der Waals surface area contributed by atoms with Crippen molar-refractivity contribution in [3.63, 3.8) is 0 Å². The fourth-order valence-electron chi connectivity index (χ4n) is 1.02. The molecule has 0 amide bonds. The number of anilines is 1. The van der Waals surface area contributed by atoms with Crippen LogP contribution in [0.5, 0.6) is 0 Å². The Balaban J connectivity index is 3.08. The van der Waals surface area contributed by atoms with E-state index in [-0.39, 0.29) is 5.69 Å². The lowest BCUT2D eigenvalue weighted by Gasteiger charge is -2.09. The SMILES string of the molecule is Cc1ccc(S(=O)(=O)O)cc1NNS(=O)(=O)O. The number of nitrogens with one attached hydrogen (secondary N) is 2. The minimum absolute atomic E-state index is 0.0813. The van der Waals surface area contributed by atoms with Crippen molar-refractivity contribution >= 4 is 26.1 Å². The summed E-state index contributed by atoms with van der Waals surface area (Å²) < 4.78 is 59.7. The van der Waals surface area contributed by atoms with E-state index < -0.39 is 25.3 Å². The normalized spacial score (nSPS) is 12.4. The molecule has 0 saturated carbocycles. The third-order valence-electron chi connectivity index (χ3n) is 1.82. The molecule has 0 saturated heterocycles. The summed E-state index contributed by atoms with van der Waals surface area (Å²) in [6, 6.07) is 3.53. The number of hydrogen-bond donors (Lipinski definition) is 4. The van der Waals surface area contributed by atoms with Gasteiger partial charge in [-0.05, 0) is 24.6 Å². The molecular weight excluding hydrogens is 272 g/mol. The quantitative estimate of drug-likeness (QED) is 0.450. The highest BCUT2D eigenvalue weighted by molar-refractivity contribution is 7.85. The van der Waals surface area contributed by atoms with E-state index in [1.54, 1.807) is 11.8 Å². The zero-order chi connectivity index (χ0) is 13.3. The molecule has 0 atom stereocenters. The molecule has 0 radical (unpaired) electrons. The van der Waals surface area contributed by atoms with Gasteiger partial charge in [0.15, 0.2) is 0 Å². The average molecular weight is 282 g/mol. The maximum absolute atomic E-state index is 10.8. The fraction of sp³-hybridized carbons (Fsp3) is 0.143. The third-order valence-corrected chi connectivity index (χ3v) is 3.03. The standard InChI is InChI=1S/C7H10N2O6S2/c1-5-2-3-6(16(10,11)12)4-7(5)8-9-17(13,14)15/h2-4,8-9H,1H3,(H,10,11,12)(H,13,14,15). The number of rotatable bonds is 4. The second kappa shape index (κ2) is 4.58. The molecule has 4 N–H and O–H groups in total. The molecule has 96 valence electrons. The first-order chi connectivity index (χ1) is 7.59. The maximum Gasteiger partial charge on any atom is 0.350 e. The van der Waals surface area contributed by atoms with Gasteiger partial charge in [-0.15, -0.1) is 4.83 Å². The van der Waals surface area contributed by atoms with Gasteiger partial charge in [0.05, 0.1) is 10.6 Å². The summed E-state index contributed by atoms with van der Waals surface area (Å²) >= 11 is 0. The number of hydrazine groups is 1. The van der Waals surface area contributed by atoms with Gasteiger partial charge in [0, 0.05) is 0 Å². The zero-order valence-corrected chi connectivity index (χ0v) is 10.2. The van der Waals surface area contributed by atoms with E-state index in [4.69, 9.17) is 9.11 Å². The van der Waals surface area contributed by atoms with Crippen molar-refractivity contribution in [1.82, 2.24) is 4.83 Å². The topological polar surface area (TPSA) is 133 Å². The fourth-order valence-corrected chi connectivity index (χ4v) is 1.76. The second-order valence-corrected chi connectivity index (χ2v) is 5.73. The van der Waals surface area contributed by atoms with Crippen molar-refractivity contribution in [3.8, 4) is 0 Å². The van der Waals surface area contributed by atoms with Crippen LogP contribution in [0.2, 0.25) is 0 Å². The van der Waals surface area contributed by atoms with Crippen molar-refractivity contribution in [2.45, 2.75) is 11.8 Å². The monoisotopic (exact) mass is 282 g/mol. The Bertz CT molecular complexity index is 622. The van der Waals surface area contributed by atoms with E-state index in [9.17, 15) is 16.8 Å². The van der Waals surface area contributed by atoms with Crippen LogP contribution in [0.15, 0.2) is 23.1 Å². The van der Waals surface area contributed by atoms with Crippen molar-refractivity contribution in [2.24, 2.45) is 0 Å². The number of benzene rings is 1. The summed E-state index contributed by atoms with van der Waals surface area (Å²) in [6.45, 7) is 1.57. The molecule has 0 aliphatic heterocycles. The van der Waals surface area contributed by atoms with Gasteiger partial charge in [-0.2, -0.15) is 16.8 Å². The van der Waals surface area contributed by atoms with Crippen LogP contribution in [0, 0.1) is 6.92 Å². The molecule has 1 aromatic carbocycles. The first kappa shape index (κ1) is 13.9. The lowest BCUT2D eigenvalue weighted by atomic mass is 10.2. The number of aryl methyl sites for hydroxylation is 1. The summed E-state index contributed by atoms with van der Waals surface area (Å²) in [5, 5.41) is 0. The van der Waals surface area contributed by atoms with Gasteiger partial charge in [-0.3, -0.25) is 9.11 Å². The Morgan fingerprint density at radius 1 is 1.12 bits per heavy atom. The predicted molar refractivity (Wildman–Crippen MR) is 59.3 cm³/mol. The molecule has 1 aromatic rings. The largest absolute Gasteiger partial charge is 0.350 e. The van der Waals surface area contributed by atoms with Crippen molar-refractivity contribution < 1.29 is 25.9 Å². The molecule has 0 heterocycles. The second-order valence-electron chi connectivity index (χ2n) is 3.15. The van der Waals surface area contributed by atoms with Crippen molar-refractivity contribution in [1.29, 1.82) is 0 Å². The Morgan fingerprint density at radius 2 is 1.71 bits per heavy atom. The lowest BCUT2D eigenvalue weighted by molar-refractivity contribution is 0.473. The maximum atomic E-state index is 10.8. The minimum atomic E-state index is -4.46. The Kier molecular flexibility index (Phi) is 3.74. The van der Waals surface area contributed by atoms with Gasteiger partial charge in [0.1, 0.15) is 0 Å². The average Bonchev–Trinajstić information content (AvgIpc) is 2.13. The highest BCUT2D eigenvalue weighted by Crippen LogP contribution is 2.19. The van der Waals surface area contributed by atoms with E-state index in [1.165, 1.54) is 6.07 Å². The van der Waals surface area contributed by atoms with Crippen LogP contribution < -0.4 is 10.3 Å². The molecule has 0 bridgehead atoms. The van der Waals surface area contributed by atoms with E-state index in [2.05, 4.69) is 5.43 Å². The van der Waals surface area contributed by atoms with Gasteiger partial charge in [0.25, 0.3) is 10.1 Å². The highest BCUT2D eigenvalue weighted by Gasteiger charge is 2.12. The third kappa shape index (κ3) is 4.28. The summed E-state index contributed by atoms with van der Waals surface area (Å²) in [4.78, 5) is 1.16. The van der Waals surface area contributed by atoms with Crippen LogP contribution in [0.3, 0.4) is 0 Å². The summed E-state index contributed by atoms with van der Waals surface area (Å²) in [5.74, 6) is 0. The summed E-state index contributed by atoms with van der Waals surface area (Å²) in [5.41, 5.74) is 2.69. The van der Waals surface area contributed by atoms with Gasteiger partial charge >= 0.3 is 10.3 Å². The van der Waals surface area contributed by atoms with Crippen LogP contribution >= 0.6 is 0 Å². The van der Waals surface area contributed by atoms with Crippen LogP contribution in [-0.4, -0.2) is 25.9 Å². The van der Waals surface area contributed by atoms with Crippen LogP contribution in [0.25, 0.3) is 0 Å². The number of hydrogen-bond acceptors (Lipinski definition) is 5. The Hall–Kier alpha value is -1.20. The summed E-state index contributed by atoms with van der Waals surface area (Å²) in [7, 11) is -8.84. The van der Waals surface area contributed by atoms with E-state index >= 15 is 0 Å². The lowest BCUT2D eigenvalue weighted by Crippen LogP contribution is -2.29. The molecule has 10 heteroatoms. The van der Waals surface area contributed by atoms with Gasteiger partial charge in [-0.1, -0.05) is 6.07 Å². The summed E-state index contributed by atoms with van der Waals surface area (Å²) in [6.07, 6.45) is 0. The Labute approximate surface area is 98.3 Å². The predicted octanol–water partition coefficient (Wildman–Crippen LogP) is -0.0390. The van der Waals surface area contributed by atoms with Crippen molar-refractivity contribution in [2.75, 3.05) is 5.43 Å². The highest BCUT2D eigenvalue weighted by atomic mass is 32.2. The van der Waals surface area contributed by atoms with E-state index in [0.717, 1.165) is 12.1 Å². The molecule has 17 heavy (non-hydrogen) atoms. The van der Waals surface area contributed by atoms with Crippen LogP contribution in [0.1, 0.15) is 5.56 Å². The van der Waals surface area contributed by atoms with E-state index in [1.807, 2.05) is 0 Å². The molecule has 8 nitrogen and oxygen atoms in total. The smallest absolute Gasteiger partial charge is 0.306 e. The molecule has 1 rings (SSSR count). The minimum Gasteiger partial charge on any atom is -0.306 e. The van der Waals surface area contributed by atoms with Crippen LogP contribution in [0.4, 0.5) is 5.69 Å². The van der Waals surface area contributed by atoms with Gasteiger partial charge < -0.3 is 5.43 Å². The van der Waals surface area contributed by atoms with E-state index in [0.29, 0.717) is 5.56 Å². The molecular formula is C7H10N2O6S2. The van der Waals surface area contributed by atoms with Crippen molar-refractivity contribution in [3.05, 3.63) is 23.8 Å². The molecule has 0 spiro atoms. The molecule has 0 fully saturated rings. The molecule has 0 aliphatic rings. The molecule has 0 aromatic heterocycles. The van der Waals surface area contributed by atoms with Gasteiger partial charge in [0.2, 0.25) is 0 Å².